The average Bonchev–Trinajstić information content (AvgIpc) is 3.04. The fourth-order valence-corrected chi connectivity index (χ4v) is 3.05. The van der Waals surface area contributed by atoms with E-state index in [1.54, 1.807) is 18.2 Å². The van der Waals surface area contributed by atoms with Gasteiger partial charge >= 0.3 is 6.03 Å². The van der Waals surface area contributed by atoms with E-state index < -0.39 is 0 Å². The molecule has 0 saturated carbocycles. The fraction of sp³-hybridized carbons (Fsp3) is 0.316. The Labute approximate surface area is 142 Å². The Morgan fingerprint density at radius 1 is 1.21 bits per heavy atom. The van der Waals surface area contributed by atoms with Crippen molar-refractivity contribution in [3.63, 3.8) is 0 Å². The molecule has 5 heteroatoms. The van der Waals surface area contributed by atoms with Gasteiger partial charge < -0.3 is 20.6 Å². The molecule has 1 heterocycles. The normalized spacial score (nSPS) is 18.2. The lowest BCUT2D eigenvalue weighted by Gasteiger charge is -2.20. The zero-order chi connectivity index (χ0) is 16.9. The number of carbonyl (C=O) groups excluding carboxylic acids is 1. The molecule has 3 N–H and O–H groups in total. The van der Waals surface area contributed by atoms with Crippen molar-refractivity contribution in [3.8, 4) is 5.75 Å². The third kappa shape index (κ3) is 3.98. The smallest absolute Gasteiger partial charge is 0.315 e. The summed E-state index contributed by atoms with van der Waals surface area (Å²) in [5, 5.41) is 15.5. The molecule has 2 aromatic rings. The van der Waals surface area contributed by atoms with E-state index >= 15 is 0 Å². The van der Waals surface area contributed by atoms with Gasteiger partial charge in [-0.2, -0.15) is 0 Å². The second-order valence-corrected chi connectivity index (χ2v) is 6.20. The van der Waals surface area contributed by atoms with E-state index in [0.717, 1.165) is 25.1 Å². The maximum absolute atomic E-state index is 12.2. The second-order valence-electron chi connectivity index (χ2n) is 6.20. The van der Waals surface area contributed by atoms with Crippen LogP contribution in [0, 0.1) is 0 Å². The van der Waals surface area contributed by atoms with Crippen molar-refractivity contribution in [2.24, 2.45) is 0 Å². The molecular weight excluding hydrogens is 302 g/mol. The first-order valence-corrected chi connectivity index (χ1v) is 8.28. The van der Waals surface area contributed by atoms with Crippen LogP contribution in [0.1, 0.15) is 24.9 Å². The molecule has 2 atom stereocenters. The molecule has 126 valence electrons. The molecular formula is C19H23N3O2. The van der Waals surface area contributed by atoms with Crippen LogP contribution in [0.25, 0.3) is 0 Å². The largest absolute Gasteiger partial charge is 0.508 e. The van der Waals surface area contributed by atoms with Gasteiger partial charge in [0.05, 0.1) is 6.04 Å². The Bertz CT molecular complexity index is 690. The SMILES string of the molecule is C[C@@H](NC(=O)N[C@H]1CCN(c2ccccc2)C1)c1cccc(O)c1. The number of urea groups is 1. The summed E-state index contributed by atoms with van der Waals surface area (Å²) >= 11 is 0. The van der Waals surface area contributed by atoms with Crippen molar-refractivity contribution < 1.29 is 9.90 Å². The summed E-state index contributed by atoms with van der Waals surface area (Å²) in [7, 11) is 0. The Morgan fingerprint density at radius 2 is 2.00 bits per heavy atom. The summed E-state index contributed by atoms with van der Waals surface area (Å²) in [5.74, 6) is 0.204. The number of rotatable bonds is 4. The number of anilines is 1. The highest BCUT2D eigenvalue weighted by Gasteiger charge is 2.24. The first-order valence-electron chi connectivity index (χ1n) is 8.28. The fourth-order valence-electron chi connectivity index (χ4n) is 3.05. The molecule has 1 aliphatic rings. The number of para-hydroxylation sites is 1. The number of hydrogen-bond donors (Lipinski definition) is 3. The van der Waals surface area contributed by atoms with Gasteiger partial charge in [0.15, 0.2) is 0 Å². The van der Waals surface area contributed by atoms with Crippen LogP contribution in [0.4, 0.5) is 10.5 Å². The lowest BCUT2D eigenvalue weighted by Crippen LogP contribution is -2.44. The van der Waals surface area contributed by atoms with Gasteiger partial charge in [0.1, 0.15) is 5.75 Å². The summed E-state index contributed by atoms with van der Waals surface area (Å²) in [5.41, 5.74) is 2.07. The number of phenolic OH excluding ortho intramolecular Hbond substituents is 1. The molecule has 5 nitrogen and oxygen atoms in total. The predicted molar refractivity (Wildman–Crippen MR) is 95.2 cm³/mol. The van der Waals surface area contributed by atoms with E-state index in [-0.39, 0.29) is 23.9 Å². The molecule has 3 rings (SSSR count). The van der Waals surface area contributed by atoms with E-state index in [1.165, 1.54) is 5.69 Å². The number of nitrogens with zero attached hydrogens (tertiary/aromatic N) is 1. The van der Waals surface area contributed by atoms with Crippen LogP contribution in [-0.4, -0.2) is 30.3 Å². The summed E-state index contributed by atoms with van der Waals surface area (Å²) in [6.45, 7) is 3.66. The van der Waals surface area contributed by atoms with Crippen molar-refractivity contribution in [1.29, 1.82) is 0 Å². The topological polar surface area (TPSA) is 64.6 Å². The van der Waals surface area contributed by atoms with Crippen LogP contribution in [-0.2, 0) is 0 Å². The minimum absolute atomic E-state index is 0.140. The number of benzene rings is 2. The van der Waals surface area contributed by atoms with Crippen molar-refractivity contribution in [2.75, 3.05) is 18.0 Å². The molecule has 0 aromatic heterocycles. The van der Waals surface area contributed by atoms with Gasteiger partial charge in [-0.3, -0.25) is 0 Å². The van der Waals surface area contributed by atoms with Crippen molar-refractivity contribution in [1.82, 2.24) is 10.6 Å². The molecule has 1 fully saturated rings. The van der Waals surface area contributed by atoms with Gasteiger partial charge in [-0.15, -0.1) is 0 Å². The molecule has 0 spiro atoms. The van der Waals surface area contributed by atoms with Crippen LogP contribution >= 0.6 is 0 Å². The van der Waals surface area contributed by atoms with E-state index in [9.17, 15) is 9.90 Å². The van der Waals surface area contributed by atoms with Crippen molar-refractivity contribution >= 4 is 11.7 Å². The summed E-state index contributed by atoms with van der Waals surface area (Å²) < 4.78 is 0. The van der Waals surface area contributed by atoms with Crippen molar-refractivity contribution in [2.45, 2.75) is 25.4 Å². The van der Waals surface area contributed by atoms with E-state index in [4.69, 9.17) is 0 Å². The second kappa shape index (κ2) is 7.25. The molecule has 0 bridgehead atoms. The van der Waals surface area contributed by atoms with Crippen LogP contribution in [0.5, 0.6) is 5.75 Å². The van der Waals surface area contributed by atoms with Crippen LogP contribution in [0.15, 0.2) is 54.6 Å². The average molecular weight is 325 g/mol. The quantitative estimate of drug-likeness (QED) is 0.809. The lowest BCUT2D eigenvalue weighted by molar-refractivity contribution is 0.235. The summed E-state index contributed by atoms with van der Waals surface area (Å²) in [4.78, 5) is 14.5. The third-order valence-corrected chi connectivity index (χ3v) is 4.36. The maximum atomic E-state index is 12.2. The molecule has 24 heavy (non-hydrogen) atoms. The zero-order valence-electron chi connectivity index (χ0n) is 13.8. The van der Waals surface area contributed by atoms with Crippen molar-refractivity contribution in [3.05, 3.63) is 60.2 Å². The van der Waals surface area contributed by atoms with Crippen LogP contribution in [0.2, 0.25) is 0 Å². The van der Waals surface area contributed by atoms with E-state index in [2.05, 4.69) is 27.7 Å². The van der Waals surface area contributed by atoms with Gasteiger partial charge in [-0.1, -0.05) is 30.3 Å². The molecule has 0 aliphatic carbocycles. The molecule has 0 unspecified atom stereocenters. The van der Waals surface area contributed by atoms with Crippen LogP contribution in [0.3, 0.4) is 0 Å². The number of nitrogens with one attached hydrogen (secondary N) is 2. The van der Waals surface area contributed by atoms with Gasteiger partial charge in [0, 0.05) is 24.8 Å². The van der Waals surface area contributed by atoms with Gasteiger partial charge in [-0.25, -0.2) is 4.79 Å². The van der Waals surface area contributed by atoms with Gasteiger partial charge in [0.2, 0.25) is 0 Å². The van der Waals surface area contributed by atoms with Gasteiger partial charge in [-0.05, 0) is 43.2 Å². The van der Waals surface area contributed by atoms with Gasteiger partial charge in [0.25, 0.3) is 0 Å². The molecule has 1 aliphatic heterocycles. The maximum Gasteiger partial charge on any atom is 0.315 e. The van der Waals surface area contributed by atoms with E-state index in [0.29, 0.717) is 0 Å². The Balaban J connectivity index is 1.51. The third-order valence-electron chi connectivity index (χ3n) is 4.36. The highest BCUT2D eigenvalue weighted by Crippen LogP contribution is 2.20. The monoisotopic (exact) mass is 325 g/mol. The Kier molecular flexibility index (Phi) is 4.89. The standard InChI is InChI=1S/C19H23N3O2/c1-14(15-6-5-9-18(23)12-15)20-19(24)21-16-10-11-22(13-16)17-7-3-2-4-8-17/h2-9,12,14,16,23H,10-11,13H2,1H3,(H2,20,21,24)/t14-,16+/m1/s1. The summed E-state index contributed by atoms with van der Waals surface area (Å²) in [6, 6.07) is 17.0. The Hall–Kier alpha value is -2.69. The lowest BCUT2D eigenvalue weighted by atomic mass is 10.1. The highest BCUT2D eigenvalue weighted by atomic mass is 16.3. The number of phenols is 1. The number of amides is 2. The van der Waals surface area contributed by atoms with E-state index in [1.807, 2.05) is 31.2 Å². The molecule has 0 radical (unpaired) electrons. The molecule has 1 saturated heterocycles. The highest BCUT2D eigenvalue weighted by molar-refractivity contribution is 5.75. The molecule has 2 amide bonds. The summed E-state index contributed by atoms with van der Waals surface area (Å²) in [6.07, 6.45) is 0.933. The molecule has 2 aromatic carbocycles. The Morgan fingerprint density at radius 3 is 2.75 bits per heavy atom. The zero-order valence-corrected chi connectivity index (χ0v) is 13.8. The minimum Gasteiger partial charge on any atom is -0.508 e. The first-order chi connectivity index (χ1) is 11.6. The number of hydrogen-bond acceptors (Lipinski definition) is 3. The first kappa shape index (κ1) is 16.2. The predicted octanol–water partition coefficient (Wildman–Crippen LogP) is 3.03. The number of aromatic hydroxyl groups is 1. The minimum atomic E-state index is -0.175. The number of carbonyl (C=O) groups is 1. The van der Waals surface area contributed by atoms with Crippen LogP contribution < -0.4 is 15.5 Å².